The molecule has 6 heteroatoms. The van der Waals surface area contributed by atoms with Crippen LogP contribution in [0.15, 0.2) is 77.7 Å². The number of aliphatic hydroxyl groups excluding tert-OH is 1. The van der Waals surface area contributed by atoms with Gasteiger partial charge in [0.1, 0.15) is 0 Å². The molecule has 1 N–H and O–H groups in total. The lowest BCUT2D eigenvalue weighted by Gasteiger charge is -2.20. The van der Waals surface area contributed by atoms with Crippen molar-refractivity contribution in [2.75, 3.05) is 10.8 Å². The number of benzene rings is 3. The Kier molecular flexibility index (Phi) is 5.45. The minimum atomic E-state index is -3.75. The maximum atomic E-state index is 13.2. The summed E-state index contributed by atoms with van der Waals surface area (Å²) >= 11 is 0. The molecule has 0 saturated carbocycles. The van der Waals surface area contributed by atoms with Gasteiger partial charge in [0.25, 0.3) is 10.0 Å². The van der Waals surface area contributed by atoms with E-state index < -0.39 is 16.1 Å². The van der Waals surface area contributed by atoms with Crippen molar-refractivity contribution >= 4 is 21.5 Å². The van der Waals surface area contributed by atoms with E-state index in [0.717, 1.165) is 16.7 Å². The Hall–Kier alpha value is -2.96. The Labute approximate surface area is 176 Å². The van der Waals surface area contributed by atoms with E-state index in [0.29, 0.717) is 24.2 Å². The molecule has 0 amide bonds. The second-order valence-electron chi connectivity index (χ2n) is 7.50. The molecule has 0 radical (unpaired) electrons. The van der Waals surface area contributed by atoms with Crippen molar-refractivity contribution in [1.29, 1.82) is 0 Å². The molecule has 30 heavy (non-hydrogen) atoms. The normalized spacial score (nSPS) is 14.4. The fourth-order valence-electron chi connectivity index (χ4n) is 3.77. The van der Waals surface area contributed by atoms with E-state index in [1.807, 2.05) is 30.3 Å². The number of anilines is 1. The largest absolute Gasteiger partial charge is 0.389 e. The number of sulfonamides is 1. The van der Waals surface area contributed by atoms with E-state index in [2.05, 4.69) is 0 Å². The summed E-state index contributed by atoms with van der Waals surface area (Å²) in [6, 6.07) is 20.9. The summed E-state index contributed by atoms with van der Waals surface area (Å²) < 4.78 is 27.9. The smallest absolute Gasteiger partial charge is 0.264 e. The van der Waals surface area contributed by atoms with Crippen molar-refractivity contribution in [3.05, 3.63) is 95.1 Å². The standard InChI is InChI=1S/C24H23NO4S/c1-17(26)20-8-4-6-18(14-20)15-24(27)21-9-5-10-22(16-21)30(28,29)25-13-12-19-7-2-3-11-23(19)25/h2-11,14,16-17,26H,12-13,15H2,1H3. The Morgan fingerprint density at radius 2 is 1.80 bits per heavy atom. The highest BCUT2D eigenvalue weighted by Gasteiger charge is 2.30. The van der Waals surface area contributed by atoms with Crippen LogP contribution >= 0.6 is 0 Å². The lowest BCUT2D eigenvalue weighted by molar-refractivity contribution is 0.0992. The molecule has 0 fully saturated rings. The molecule has 0 aromatic heterocycles. The number of Topliss-reactive ketones (excluding diaryl/α,β-unsaturated/α-hetero) is 1. The van der Waals surface area contributed by atoms with Crippen molar-refractivity contribution in [2.45, 2.75) is 30.8 Å². The number of aliphatic hydroxyl groups is 1. The van der Waals surface area contributed by atoms with Crippen LogP contribution in [0.4, 0.5) is 5.69 Å². The van der Waals surface area contributed by atoms with Gasteiger partial charge in [-0.05, 0) is 48.2 Å². The van der Waals surface area contributed by atoms with Gasteiger partial charge in [-0.3, -0.25) is 9.10 Å². The van der Waals surface area contributed by atoms with E-state index in [9.17, 15) is 18.3 Å². The van der Waals surface area contributed by atoms with Crippen molar-refractivity contribution in [3.63, 3.8) is 0 Å². The van der Waals surface area contributed by atoms with Crippen LogP contribution in [0.2, 0.25) is 0 Å². The number of para-hydroxylation sites is 1. The maximum Gasteiger partial charge on any atom is 0.264 e. The number of carbonyl (C=O) groups is 1. The summed E-state index contributed by atoms with van der Waals surface area (Å²) in [5.41, 5.74) is 3.57. The highest BCUT2D eigenvalue weighted by Crippen LogP contribution is 2.32. The number of hydrogen-bond donors (Lipinski definition) is 1. The fraction of sp³-hybridized carbons (Fsp3) is 0.208. The van der Waals surface area contributed by atoms with Crippen molar-refractivity contribution in [2.24, 2.45) is 0 Å². The molecule has 1 aliphatic heterocycles. The van der Waals surface area contributed by atoms with Gasteiger partial charge in [-0.15, -0.1) is 0 Å². The molecular formula is C24H23NO4S. The lowest BCUT2D eigenvalue weighted by Crippen LogP contribution is -2.29. The van der Waals surface area contributed by atoms with Crippen molar-refractivity contribution in [3.8, 4) is 0 Å². The third kappa shape index (κ3) is 3.88. The summed E-state index contributed by atoms with van der Waals surface area (Å²) in [4.78, 5) is 12.9. The van der Waals surface area contributed by atoms with E-state index in [-0.39, 0.29) is 17.1 Å². The van der Waals surface area contributed by atoms with Gasteiger partial charge < -0.3 is 5.11 Å². The minimum Gasteiger partial charge on any atom is -0.389 e. The van der Waals surface area contributed by atoms with Crippen LogP contribution in [-0.2, 0) is 22.9 Å². The molecule has 3 aromatic carbocycles. The van der Waals surface area contributed by atoms with Crippen LogP contribution in [0.1, 0.15) is 40.1 Å². The van der Waals surface area contributed by atoms with Gasteiger partial charge in [0.05, 0.1) is 16.7 Å². The van der Waals surface area contributed by atoms with Gasteiger partial charge in [0.2, 0.25) is 0 Å². The monoisotopic (exact) mass is 421 g/mol. The third-order valence-corrected chi connectivity index (χ3v) is 7.20. The number of hydrogen-bond acceptors (Lipinski definition) is 4. The Bertz CT molecular complexity index is 1200. The van der Waals surface area contributed by atoms with Crippen LogP contribution in [0.5, 0.6) is 0 Å². The molecule has 0 bridgehead atoms. The molecule has 4 rings (SSSR count). The molecule has 3 aromatic rings. The summed E-state index contributed by atoms with van der Waals surface area (Å²) in [6.07, 6.45) is 0.196. The quantitative estimate of drug-likeness (QED) is 0.612. The zero-order valence-electron chi connectivity index (χ0n) is 16.7. The maximum absolute atomic E-state index is 13.2. The molecule has 1 unspecified atom stereocenters. The van der Waals surface area contributed by atoms with E-state index >= 15 is 0 Å². The van der Waals surface area contributed by atoms with Crippen LogP contribution in [0.25, 0.3) is 0 Å². The van der Waals surface area contributed by atoms with Crippen molar-refractivity contribution in [1.82, 2.24) is 0 Å². The first-order valence-electron chi connectivity index (χ1n) is 9.87. The number of ketones is 1. The van der Waals surface area contributed by atoms with Crippen molar-refractivity contribution < 1.29 is 18.3 Å². The first kappa shape index (κ1) is 20.3. The number of carbonyl (C=O) groups excluding carboxylic acids is 1. The first-order chi connectivity index (χ1) is 14.4. The third-order valence-electron chi connectivity index (χ3n) is 5.39. The molecule has 5 nitrogen and oxygen atoms in total. The Morgan fingerprint density at radius 1 is 1.03 bits per heavy atom. The lowest BCUT2D eigenvalue weighted by atomic mass is 10.00. The fourth-order valence-corrected chi connectivity index (χ4v) is 5.31. The zero-order valence-corrected chi connectivity index (χ0v) is 17.5. The van der Waals surface area contributed by atoms with Gasteiger partial charge in [0.15, 0.2) is 5.78 Å². The Balaban J connectivity index is 1.60. The highest BCUT2D eigenvalue weighted by molar-refractivity contribution is 7.92. The molecule has 0 spiro atoms. The predicted molar refractivity (Wildman–Crippen MR) is 116 cm³/mol. The second-order valence-corrected chi connectivity index (χ2v) is 9.37. The predicted octanol–water partition coefficient (Wildman–Crippen LogP) is 3.92. The molecule has 1 aliphatic rings. The zero-order chi connectivity index (χ0) is 21.3. The molecule has 0 aliphatic carbocycles. The SMILES string of the molecule is CC(O)c1cccc(CC(=O)c2cccc(S(=O)(=O)N3CCc4ccccc43)c2)c1. The summed E-state index contributed by atoms with van der Waals surface area (Å²) in [5.74, 6) is -0.170. The Morgan fingerprint density at radius 3 is 2.60 bits per heavy atom. The molecule has 1 heterocycles. The summed E-state index contributed by atoms with van der Waals surface area (Å²) in [5, 5.41) is 9.74. The van der Waals surface area contributed by atoms with Crippen LogP contribution < -0.4 is 4.31 Å². The van der Waals surface area contributed by atoms with Gasteiger partial charge in [-0.1, -0.05) is 54.6 Å². The molecular weight excluding hydrogens is 398 g/mol. The number of fused-ring (bicyclic) bond motifs is 1. The van der Waals surface area contributed by atoms with Crippen LogP contribution in [0, 0.1) is 0 Å². The molecule has 0 saturated heterocycles. The number of rotatable bonds is 6. The topological polar surface area (TPSA) is 74.7 Å². The highest BCUT2D eigenvalue weighted by atomic mass is 32.2. The van der Waals surface area contributed by atoms with Gasteiger partial charge in [-0.25, -0.2) is 8.42 Å². The number of nitrogens with zero attached hydrogens (tertiary/aromatic N) is 1. The molecule has 1 atom stereocenters. The van der Waals surface area contributed by atoms with Crippen LogP contribution in [0.3, 0.4) is 0 Å². The summed E-state index contributed by atoms with van der Waals surface area (Å²) in [7, 11) is -3.75. The van der Waals surface area contributed by atoms with E-state index in [1.165, 1.54) is 16.4 Å². The van der Waals surface area contributed by atoms with Crippen LogP contribution in [-0.4, -0.2) is 25.9 Å². The first-order valence-corrected chi connectivity index (χ1v) is 11.3. The minimum absolute atomic E-state index is 0.114. The van der Waals surface area contributed by atoms with E-state index in [4.69, 9.17) is 0 Å². The summed E-state index contributed by atoms with van der Waals surface area (Å²) in [6.45, 7) is 2.07. The van der Waals surface area contributed by atoms with Gasteiger partial charge in [-0.2, -0.15) is 0 Å². The van der Waals surface area contributed by atoms with Gasteiger partial charge >= 0.3 is 0 Å². The van der Waals surface area contributed by atoms with Gasteiger partial charge in [0, 0.05) is 18.5 Å². The second kappa shape index (κ2) is 8.05. The van der Waals surface area contributed by atoms with E-state index in [1.54, 1.807) is 37.3 Å². The average molecular weight is 422 g/mol. The average Bonchev–Trinajstić information content (AvgIpc) is 3.19. The molecule has 154 valence electrons.